The Bertz CT molecular complexity index is 959. The van der Waals surface area contributed by atoms with Crippen molar-refractivity contribution in [1.82, 2.24) is 5.43 Å². The maximum Gasteiger partial charge on any atom is 0.277 e. The lowest BCUT2D eigenvalue weighted by Gasteiger charge is -2.07. The Balaban J connectivity index is 1.52. The molecule has 0 unspecified atom stereocenters. The van der Waals surface area contributed by atoms with Gasteiger partial charge >= 0.3 is 0 Å². The molecule has 0 radical (unpaired) electrons. The number of benzene rings is 2. The molecule has 3 rings (SSSR count). The highest BCUT2D eigenvalue weighted by Crippen LogP contribution is 2.24. The van der Waals surface area contributed by atoms with Gasteiger partial charge < -0.3 is 9.15 Å². The number of nitrogens with one attached hydrogen (secondary N) is 1. The van der Waals surface area contributed by atoms with E-state index in [4.69, 9.17) is 20.8 Å². The van der Waals surface area contributed by atoms with Gasteiger partial charge in [-0.2, -0.15) is 5.10 Å². The molecular formula is C21H19ClN2O3. The van der Waals surface area contributed by atoms with Crippen LogP contribution in [0.2, 0.25) is 5.02 Å². The molecule has 0 aliphatic carbocycles. The van der Waals surface area contributed by atoms with Gasteiger partial charge in [0.1, 0.15) is 17.3 Å². The normalized spacial score (nSPS) is 10.9. The second-order valence-corrected chi connectivity index (χ2v) is 6.55. The molecule has 6 heteroatoms. The van der Waals surface area contributed by atoms with E-state index in [-0.39, 0.29) is 12.5 Å². The SMILES string of the molecule is Cc1cc(C)cc(OCC(=O)NN=Cc2ccc(-c3cccc(Cl)c3)o2)c1. The summed E-state index contributed by atoms with van der Waals surface area (Å²) >= 11 is 5.98. The summed E-state index contributed by atoms with van der Waals surface area (Å²) in [6, 6.07) is 16.7. The average molecular weight is 383 g/mol. The summed E-state index contributed by atoms with van der Waals surface area (Å²) in [4.78, 5) is 11.8. The number of aryl methyl sites for hydroxylation is 2. The van der Waals surface area contributed by atoms with Gasteiger partial charge in [0.05, 0.1) is 6.21 Å². The Labute approximate surface area is 162 Å². The molecular weight excluding hydrogens is 364 g/mol. The summed E-state index contributed by atoms with van der Waals surface area (Å²) in [6.45, 7) is 3.84. The molecule has 0 saturated carbocycles. The number of rotatable bonds is 6. The van der Waals surface area contributed by atoms with E-state index in [1.54, 1.807) is 12.1 Å². The van der Waals surface area contributed by atoms with Crippen molar-refractivity contribution >= 4 is 23.7 Å². The van der Waals surface area contributed by atoms with Gasteiger partial charge in [0, 0.05) is 10.6 Å². The lowest BCUT2D eigenvalue weighted by atomic mass is 10.1. The maximum absolute atomic E-state index is 11.8. The van der Waals surface area contributed by atoms with E-state index in [0.717, 1.165) is 16.7 Å². The van der Waals surface area contributed by atoms with Crippen LogP contribution in [0.25, 0.3) is 11.3 Å². The maximum atomic E-state index is 11.8. The van der Waals surface area contributed by atoms with Crippen LogP contribution in [-0.4, -0.2) is 18.7 Å². The van der Waals surface area contributed by atoms with Crippen molar-refractivity contribution in [1.29, 1.82) is 0 Å². The van der Waals surface area contributed by atoms with Crippen molar-refractivity contribution in [2.75, 3.05) is 6.61 Å². The quantitative estimate of drug-likeness (QED) is 0.494. The van der Waals surface area contributed by atoms with E-state index in [9.17, 15) is 4.79 Å². The summed E-state index contributed by atoms with van der Waals surface area (Å²) < 4.78 is 11.2. The van der Waals surface area contributed by atoms with Crippen molar-refractivity contribution in [2.24, 2.45) is 5.10 Å². The Kier molecular flexibility index (Phi) is 5.94. The second kappa shape index (κ2) is 8.56. The number of amides is 1. The molecule has 1 amide bonds. The number of hydrogen-bond donors (Lipinski definition) is 1. The van der Waals surface area contributed by atoms with Gasteiger partial charge in [-0.05, 0) is 61.4 Å². The van der Waals surface area contributed by atoms with E-state index < -0.39 is 0 Å². The Morgan fingerprint density at radius 2 is 1.93 bits per heavy atom. The minimum atomic E-state index is -0.355. The van der Waals surface area contributed by atoms with Gasteiger partial charge in [-0.25, -0.2) is 5.43 Å². The number of furan rings is 1. The molecule has 1 aromatic heterocycles. The molecule has 27 heavy (non-hydrogen) atoms. The lowest BCUT2D eigenvalue weighted by Crippen LogP contribution is -2.24. The molecule has 0 bridgehead atoms. The van der Waals surface area contributed by atoms with Gasteiger partial charge in [0.2, 0.25) is 0 Å². The predicted octanol–water partition coefficient (Wildman–Crippen LogP) is 4.75. The summed E-state index contributed by atoms with van der Waals surface area (Å²) in [5.41, 5.74) is 5.44. The molecule has 0 atom stereocenters. The van der Waals surface area contributed by atoms with Crippen LogP contribution in [0, 0.1) is 13.8 Å². The topological polar surface area (TPSA) is 63.8 Å². The Morgan fingerprint density at radius 3 is 2.67 bits per heavy atom. The molecule has 0 aliphatic heterocycles. The average Bonchev–Trinajstić information content (AvgIpc) is 3.08. The van der Waals surface area contributed by atoms with Crippen molar-refractivity contribution in [3.05, 3.63) is 76.5 Å². The van der Waals surface area contributed by atoms with Crippen molar-refractivity contribution in [3.63, 3.8) is 0 Å². The number of hydrazone groups is 1. The first-order valence-corrected chi connectivity index (χ1v) is 8.76. The molecule has 0 aliphatic rings. The zero-order valence-electron chi connectivity index (χ0n) is 15.0. The van der Waals surface area contributed by atoms with Gasteiger partial charge in [0.15, 0.2) is 6.61 Å². The predicted molar refractivity (Wildman–Crippen MR) is 106 cm³/mol. The third kappa shape index (κ3) is 5.46. The van der Waals surface area contributed by atoms with Crippen LogP contribution in [0.15, 0.2) is 64.1 Å². The first-order chi connectivity index (χ1) is 13.0. The van der Waals surface area contributed by atoms with Crippen LogP contribution in [0.3, 0.4) is 0 Å². The molecule has 0 spiro atoms. The zero-order valence-corrected chi connectivity index (χ0v) is 15.8. The van der Waals surface area contributed by atoms with Gasteiger partial charge in [-0.3, -0.25) is 4.79 Å². The molecule has 138 valence electrons. The van der Waals surface area contributed by atoms with Crippen molar-refractivity contribution in [2.45, 2.75) is 13.8 Å². The highest BCUT2D eigenvalue weighted by molar-refractivity contribution is 6.30. The lowest BCUT2D eigenvalue weighted by molar-refractivity contribution is -0.123. The summed E-state index contributed by atoms with van der Waals surface area (Å²) in [5, 5.41) is 4.52. The van der Waals surface area contributed by atoms with E-state index >= 15 is 0 Å². The Hall–Kier alpha value is -3.05. The van der Waals surface area contributed by atoms with Crippen molar-refractivity contribution < 1.29 is 13.9 Å². The standard InChI is InChI=1S/C21H19ClN2O3/c1-14-8-15(2)10-19(9-14)26-13-21(25)24-23-12-18-6-7-20(27-18)16-4-3-5-17(22)11-16/h3-12H,13H2,1-2H3,(H,24,25). The minimum absolute atomic E-state index is 0.119. The van der Waals surface area contributed by atoms with Crippen molar-refractivity contribution in [3.8, 4) is 17.1 Å². The highest BCUT2D eigenvalue weighted by atomic mass is 35.5. The number of halogens is 1. The van der Waals surface area contributed by atoms with Gasteiger partial charge in [-0.15, -0.1) is 0 Å². The molecule has 0 saturated heterocycles. The smallest absolute Gasteiger partial charge is 0.277 e. The largest absolute Gasteiger partial charge is 0.484 e. The first kappa shape index (κ1) is 18.7. The third-order valence-electron chi connectivity index (χ3n) is 3.68. The molecule has 0 fully saturated rings. The second-order valence-electron chi connectivity index (χ2n) is 6.12. The third-order valence-corrected chi connectivity index (χ3v) is 3.92. The molecule has 1 heterocycles. The van der Waals surface area contributed by atoms with E-state index in [1.807, 2.05) is 56.3 Å². The first-order valence-electron chi connectivity index (χ1n) is 8.38. The number of carbonyl (C=O) groups is 1. The number of carbonyl (C=O) groups excluding carboxylic acids is 1. The molecule has 5 nitrogen and oxygen atoms in total. The zero-order chi connectivity index (χ0) is 19.2. The number of ether oxygens (including phenoxy) is 1. The van der Waals surface area contributed by atoms with Gasteiger partial charge in [0.25, 0.3) is 5.91 Å². The number of nitrogens with zero attached hydrogens (tertiary/aromatic N) is 1. The van der Waals surface area contributed by atoms with Crippen LogP contribution in [0.1, 0.15) is 16.9 Å². The van der Waals surface area contributed by atoms with Crippen LogP contribution < -0.4 is 10.2 Å². The summed E-state index contributed by atoms with van der Waals surface area (Å²) in [7, 11) is 0. The molecule has 3 aromatic rings. The minimum Gasteiger partial charge on any atom is -0.484 e. The van der Waals surface area contributed by atoms with Crippen LogP contribution >= 0.6 is 11.6 Å². The van der Waals surface area contributed by atoms with E-state index in [0.29, 0.717) is 22.3 Å². The van der Waals surface area contributed by atoms with Gasteiger partial charge in [-0.1, -0.05) is 29.8 Å². The fourth-order valence-electron chi connectivity index (χ4n) is 2.58. The molecule has 2 aromatic carbocycles. The monoisotopic (exact) mass is 382 g/mol. The van der Waals surface area contributed by atoms with E-state index in [2.05, 4.69) is 10.5 Å². The summed E-state index contributed by atoms with van der Waals surface area (Å²) in [6.07, 6.45) is 1.43. The van der Waals surface area contributed by atoms with Crippen LogP contribution in [-0.2, 0) is 4.79 Å². The summed E-state index contributed by atoms with van der Waals surface area (Å²) in [5.74, 6) is 1.49. The van der Waals surface area contributed by atoms with Crippen LogP contribution in [0.5, 0.6) is 5.75 Å². The number of hydrogen-bond acceptors (Lipinski definition) is 4. The highest BCUT2D eigenvalue weighted by Gasteiger charge is 2.05. The molecule has 1 N–H and O–H groups in total. The fraction of sp³-hybridized carbons (Fsp3) is 0.143. The Morgan fingerprint density at radius 1 is 1.15 bits per heavy atom. The van der Waals surface area contributed by atoms with E-state index in [1.165, 1.54) is 6.21 Å². The van der Waals surface area contributed by atoms with Crippen LogP contribution in [0.4, 0.5) is 0 Å². The fourth-order valence-corrected chi connectivity index (χ4v) is 2.77.